The van der Waals surface area contributed by atoms with Gasteiger partial charge in [-0.2, -0.15) is 0 Å². The third kappa shape index (κ3) is 3.32. The molecule has 90 valence electrons. The van der Waals surface area contributed by atoms with Crippen molar-refractivity contribution >= 4 is 0 Å². The van der Waals surface area contributed by atoms with E-state index in [0.29, 0.717) is 6.04 Å². The van der Waals surface area contributed by atoms with Crippen LogP contribution in [0, 0.1) is 0 Å². The predicted octanol–water partition coefficient (Wildman–Crippen LogP) is 2.81. The first kappa shape index (κ1) is 13.2. The van der Waals surface area contributed by atoms with Gasteiger partial charge >= 0.3 is 0 Å². The van der Waals surface area contributed by atoms with E-state index in [4.69, 9.17) is 5.73 Å². The van der Waals surface area contributed by atoms with Gasteiger partial charge in [-0.25, -0.2) is 0 Å². The van der Waals surface area contributed by atoms with Gasteiger partial charge in [0.25, 0.3) is 0 Å². The topological polar surface area (TPSA) is 29.3 Å². The van der Waals surface area contributed by atoms with E-state index in [0.717, 1.165) is 13.1 Å². The fraction of sp³-hybridized carbons (Fsp3) is 0.571. The third-order valence-corrected chi connectivity index (χ3v) is 2.95. The maximum absolute atomic E-state index is 6.13. The molecule has 0 amide bonds. The molecule has 2 unspecified atom stereocenters. The van der Waals surface area contributed by atoms with Gasteiger partial charge in [0.1, 0.15) is 0 Å². The monoisotopic (exact) mass is 220 g/mol. The molecule has 2 heteroatoms. The lowest BCUT2D eigenvalue weighted by molar-refractivity contribution is 0.186. The highest BCUT2D eigenvalue weighted by molar-refractivity contribution is 5.20. The lowest BCUT2D eigenvalue weighted by atomic mass is 9.99. The molecule has 1 aromatic carbocycles. The molecule has 1 rings (SSSR count). The molecule has 0 aliphatic heterocycles. The molecule has 2 nitrogen and oxygen atoms in total. The summed E-state index contributed by atoms with van der Waals surface area (Å²) in [6, 6.07) is 11.1. The van der Waals surface area contributed by atoms with E-state index in [9.17, 15) is 0 Å². The van der Waals surface area contributed by atoms with Gasteiger partial charge in [-0.3, -0.25) is 4.90 Å². The summed E-state index contributed by atoms with van der Waals surface area (Å²) in [6.07, 6.45) is 1.17. The van der Waals surface area contributed by atoms with Crippen molar-refractivity contribution in [3.8, 4) is 0 Å². The largest absolute Gasteiger partial charge is 0.326 e. The quantitative estimate of drug-likeness (QED) is 0.798. The van der Waals surface area contributed by atoms with Crippen molar-refractivity contribution in [2.24, 2.45) is 5.73 Å². The summed E-state index contributed by atoms with van der Waals surface area (Å²) in [7, 11) is 0. The van der Waals surface area contributed by atoms with Gasteiger partial charge < -0.3 is 5.73 Å². The van der Waals surface area contributed by atoms with Crippen molar-refractivity contribution in [1.29, 1.82) is 0 Å². The van der Waals surface area contributed by atoms with Gasteiger partial charge in [-0.1, -0.05) is 44.2 Å². The minimum absolute atomic E-state index is 0.161. The Balaban J connectivity index is 2.90. The normalized spacial score (nSPS) is 15.1. The van der Waals surface area contributed by atoms with Crippen LogP contribution in [-0.2, 0) is 0 Å². The second-order valence-electron chi connectivity index (χ2n) is 4.34. The molecule has 0 aliphatic rings. The number of nitrogens with zero attached hydrogens (tertiary/aromatic N) is 1. The Morgan fingerprint density at radius 3 is 2.25 bits per heavy atom. The summed E-state index contributed by atoms with van der Waals surface area (Å²) in [5.74, 6) is 0. The second-order valence-corrected chi connectivity index (χ2v) is 4.34. The first-order chi connectivity index (χ1) is 7.70. The molecular formula is C14H24N2. The molecule has 1 aromatic rings. The van der Waals surface area contributed by atoms with Crippen LogP contribution >= 0.6 is 0 Å². The summed E-state index contributed by atoms with van der Waals surface area (Å²) in [6.45, 7) is 8.67. The predicted molar refractivity (Wildman–Crippen MR) is 70.4 cm³/mol. The van der Waals surface area contributed by atoms with Crippen LogP contribution in [0.3, 0.4) is 0 Å². The summed E-state index contributed by atoms with van der Waals surface area (Å²) >= 11 is 0. The number of benzene rings is 1. The Morgan fingerprint density at radius 2 is 1.81 bits per heavy atom. The van der Waals surface area contributed by atoms with E-state index < -0.39 is 0 Å². The highest BCUT2D eigenvalue weighted by Gasteiger charge is 2.21. The van der Waals surface area contributed by atoms with Gasteiger partial charge in [0.2, 0.25) is 0 Å². The SMILES string of the molecule is CCCN(CC)C(c1ccccc1)C(C)N. The molecular weight excluding hydrogens is 196 g/mol. The van der Waals surface area contributed by atoms with Gasteiger partial charge in [-0.05, 0) is 32.0 Å². The zero-order chi connectivity index (χ0) is 12.0. The average molecular weight is 220 g/mol. The maximum Gasteiger partial charge on any atom is 0.0496 e. The molecule has 0 aromatic heterocycles. The van der Waals surface area contributed by atoms with E-state index in [2.05, 4.69) is 56.0 Å². The first-order valence-corrected chi connectivity index (χ1v) is 6.25. The van der Waals surface area contributed by atoms with Crippen molar-refractivity contribution < 1.29 is 0 Å². The highest BCUT2D eigenvalue weighted by atomic mass is 15.2. The van der Waals surface area contributed by atoms with E-state index in [1.807, 2.05) is 0 Å². The second kappa shape index (κ2) is 6.66. The zero-order valence-corrected chi connectivity index (χ0v) is 10.7. The summed E-state index contributed by atoms with van der Waals surface area (Å²) in [5, 5.41) is 0. The van der Waals surface area contributed by atoms with Gasteiger partial charge in [-0.15, -0.1) is 0 Å². The molecule has 0 radical (unpaired) electrons. The van der Waals surface area contributed by atoms with Crippen molar-refractivity contribution in [2.45, 2.75) is 39.3 Å². The Kier molecular flexibility index (Phi) is 5.50. The van der Waals surface area contributed by atoms with Crippen molar-refractivity contribution in [2.75, 3.05) is 13.1 Å². The Bertz CT molecular complexity index is 282. The van der Waals surface area contributed by atoms with Crippen LogP contribution in [0.2, 0.25) is 0 Å². The van der Waals surface area contributed by atoms with Crippen LogP contribution in [0.15, 0.2) is 30.3 Å². The van der Waals surface area contributed by atoms with Gasteiger partial charge in [0.05, 0.1) is 0 Å². The molecule has 0 spiro atoms. The average Bonchev–Trinajstić information content (AvgIpc) is 2.29. The van der Waals surface area contributed by atoms with Crippen LogP contribution in [0.4, 0.5) is 0 Å². The van der Waals surface area contributed by atoms with E-state index in [1.54, 1.807) is 0 Å². The lowest BCUT2D eigenvalue weighted by Gasteiger charge is -2.33. The number of likely N-dealkylation sites (N-methyl/N-ethyl adjacent to an activating group) is 1. The number of rotatable bonds is 6. The summed E-state index contributed by atoms with van der Waals surface area (Å²) in [5.41, 5.74) is 7.46. The standard InChI is InChI=1S/C14H24N2/c1-4-11-16(5-2)14(12(3)15)13-9-7-6-8-10-13/h6-10,12,14H,4-5,11,15H2,1-3H3. The van der Waals surface area contributed by atoms with Crippen molar-refractivity contribution in [3.05, 3.63) is 35.9 Å². The van der Waals surface area contributed by atoms with Gasteiger partial charge in [0, 0.05) is 12.1 Å². The summed E-state index contributed by atoms with van der Waals surface area (Å²) in [4.78, 5) is 2.46. The van der Waals surface area contributed by atoms with Crippen LogP contribution in [0.5, 0.6) is 0 Å². The summed E-state index contributed by atoms with van der Waals surface area (Å²) < 4.78 is 0. The van der Waals surface area contributed by atoms with Crippen LogP contribution in [0.25, 0.3) is 0 Å². The van der Waals surface area contributed by atoms with E-state index in [1.165, 1.54) is 12.0 Å². The molecule has 0 aliphatic carbocycles. The Morgan fingerprint density at radius 1 is 1.19 bits per heavy atom. The molecule has 0 fully saturated rings. The number of hydrogen-bond donors (Lipinski definition) is 1. The molecule has 16 heavy (non-hydrogen) atoms. The van der Waals surface area contributed by atoms with Gasteiger partial charge in [0.15, 0.2) is 0 Å². The van der Waals surface area contributed by atoms with Crippen LogP contribution in [-0.4, -0.2) is 24.0 Å². The number of hydrogen-bond acceptors (Lipinski definition) is 2. The smallest absolute Gasteiger partial charge is 0.0496 e. The van der Waals surface area contributed by atoms with Crippen molar-refractivity contribution in [3.63, 3.8) is 0 Å². The molecule has 0 saturated heterocycles. The number of nitrogens with two attached hydrogens (primary N) is 1. The molecule has 0 bridgehead atoms. The van der Waals surface area contributed by atoms with Crippen molar-refractivity contribution in [1.82, 2.24) is 4.90 Å². The zero-order valence-electron chi connectivity index (χ0n) is 10.7. The van der Waals surface area contributed by atoms with Crippen LogP contribution < -0.4 is 5.73 Å². The first-order valence-electron chi connectivity index (χ1n) is 6.25. The minimum Gasteiger partial charge on any atom is -0.326 e. The van der Waals surface area contributed by atoms with E-state index >= 15 is 0 Å². The highest BCUT2D eigenvalue weighted by Crippen LogP contribution is 2.23. The molecule has 0 saturated carbocycles. The van der Waals surface area contributed by atoms with E-state index in [-0.39, 0.29) is 6.04 Å². The molecule has 2 N–H and O–H groups in total. The fourth-order valence-corrected chi connectivity index (χ4v) is 2.28. The Labute approximate surface area is 99.5 Å². The molecule has 0 heterocycles. The lowest BCUT2D eigenvalue weighted by Crippen LogP contribution is -2.39. The molecule has 2 atom stereocenters. The maximum atomic E-state index is 6.13. The third-order valence-electron chi connectivity index (χ3n) is 2.95. The minimum atomic E-state index is 0.161. The fourth-order valence-electron chi connectivity index (χ4n) is 2.28. The van der Waals surface area contributed by atoms with Crippen LogP contribution in [0.1, 0.15) is 38.8 Å². The Hall–Kier alpha value is -0.860.